The highest BCUT2D eigenvalue weighted by Crippen LogP contribution is 2.21. The van der Waals surface area contributed by atoms with Crippen LogP contribution in [0.15, 0.2) is 24.3 Å². The lowest BCUT2D eigenvalue weighted by Gasteiger charge is -2.18. The quantitative estimate of drug-likeness (QED) is 0.817. The first-order chi connectivity index (χ1) is 10.1. The van der Waals surface area contributed by atoms with Crippen LogP contribution in [0.25, 0.3) is 0 Å². The van der Waals surface area contributed by atoms with Gasteiger partial charge in [0, 0.05) is 19.2 Å². The average Bonchev–Trinajstić information content (AvgIpc) is 2.47. The lowest BCUT2D eigenvalue weighted by molar-refractivity contribution is 0.311. The Morgan fingerprint density at radius 3 is 2.67 bits per heavy atom. The van der Waals surface area contributed by atoms with Gasteiger partial charge < -0.3 is 14.4 Å². The van der Waals surface area contributed by atoms with Crippen LogP contribution in [0, 0.1) is 0 Å². The smallest absolute Gasteiger partial charge is 0.322 e. The van der Waals surface area contributed by atoms with Crippen LogP contribution in [-0.4, -0.2) is 35.7 Å². The first-order valence-corrected chi connectivity index (χ1v) is 6.89. The van der Waals surface area contributed by atoms with E-state index < -0.39 is 0 Å². The van der Waals surface area contributed by atoms with Crippen molar-refractivity contribution in [2.45, 2.75) is 13.5 Å². The SMILES string of the molecule is CCOc1nc(Cl)nc(N(C)Cc2ccccc2OC)n1. The second-order valence-electron chi connectivity index (χ2n) is 4.29. The molecule has 21 heavy (non-hydrogen) atoms. The molecule has 2 aromatic rings. The minimum Gasteiger partial charge on any atom is -0.496 e. The molecule has 0 radical (unpaired) electrons. The van der Waals surface area contributed by atoms with E-state index in [0.29, 0.717) is 19.1 Å². The Labute approximate surface area is 128 Å². The van der Waals surface area contributed by atoms with Gasteiger partial charge in [-0.15, -0.1) is 0 Å². The zero-order valence-corrected chi connectivity index (χ0v) is 13.0. The molecular formula is C14H17ClN4O2. The number of ether oxygens (including phenoxy) is 2. The van der Waals surface area contributed by atoms with E-state index in [0.717, 1.165) is 11.3 Å². The van der Waals surface area contributed by atoms with Gasteiger partial charge in [-0.1, -0.05) is 18.2 Å². The molecule has 2 rings (SSSR count). The van der Waals surface area contributed by atoms with Crippen molar-refractivity contribution in [2.24, 2.45) is 0 Å². The van der Waals surface area contributed by atoms with Crippen LogP contribution in [0.4, 0.5) is 5.95 Å². The van der Waals surface area contributed by atoms with E-state index in [-0.39, 0.29) is 11.3 Å². The predicted molar refractivity (Wildman–Crippen MR) is 81.1 cm³/mol. The van der Waals surface area contributed by atoms with Crippen LogP contribution in [0.1, 0.15) is 12.5 Å². The molecule has 1 aromatic carbocycles. The fourth-order valence-electron chi connectivity index (χ4n) is 1.85. The fraction of sp³-hybridized carbons (Fsp3) is 0.357. The Bertz CT molecular complexity index is 609. The summed E-state index contributed by atoms with van der Waals surface area (Å²) in [6.45, 7) is 2.90. The highest BCUT2D eigenvalue weighted by Gasteiger charge is 2.12. The second kappa shape index (κ2) is 7.08. The van der Waals surface area contributed by atoms with Crippen LogP contribution < -0.4 is 14.4 Å². The molecular weight excluding hydrogens is 292 g/mol. The molecule has 1 aromatic heterocycles. The number of benzene rings is 1. The number of nitrogens with zero attached hydrogens (tertiary/aromatic N) is 4. The summed E-state index contributed by atoms with van der Waals surface area (Å²) in [5.41, 5.74) is 1.02. The monoisotopic (exact) mass is 308 g/mol. The van der Waals surface area contributed by atoms with Crippen LogP contribution in [0.5, 0.6) is 11.8 Å². The molecule has 0 amide bonds. The number of anilines is 1. The summed E-state index contributed by atoms with van der Waals surface area (Å²) in [6, 6.07) is 8.00. The molecule has 0 aliphatic heterocycles. The van der Waals surface area contributed by atoms with E-state index >= 15 is 0 Å². The van der Waals surface area contributed by atoms with E-state index in [1.807, 2.05) is 43.1 Å². The molecule has 0 atom stereocenters. The molecule has 0 aliphatic rings. The molecule has 0 fully saturated rings. The van der Waals surface area contributed by atoms with Gasteiger partial charge in [-0.05, 0) is 24.6 Å². The maximum absolute atomic E-state index is 5.90. The lowest BCUT2D eigenvalue weighted by Crippen LogP contribution is -2.20. The standard InChI is InChI=1S/C14H17ClN4O2/c1-4-21-14-17-12(15)16-13(18-14)19(2)9-10-7-5-6-8-11(10)20-3/h5-8H,4,9H2,1-3H3. The van der Waals surface area contributed by atoms with Gasteiger partial charge in [-0.3, -0.25) is 0 Å². The molecule has 7 heteroatoms. The third-order valence-electron chi connectivity index (χ3n) is 2.79. The van der Waals surface area contributed by atoms with E-state index in [2.05, 4.69) is 15.0 Å². The van der Waals surface area contributed by atoms with Gasteiger partial charge in [-0.2, -0.15) is 15.0 Å². The number of hydrogen-bond acceptors (Lipinski definition) is 6. The highest BCUT2D eigenvalue weighted by atomic mass is 35.5. The van der Waals surface area contributed by atoms with Gasteiger partial charge in [0.25, 0.3) is 0 Å². The zero-order valence-electron chi connectivity index (χ0n) is 12.2. The number of aromatic nitrogens is 3. The van der Waals surface area contributed by atoms with Crippen molar-refractivity contribution in [1.29, 1.82) is 0 Å². The summed E-state index contributed by atoms with van der Waals surface area (Å²) in [5.74, 6) is 1.26. The predicted octanol–water partition coefficient (Wildman–Crippen LogP) is 2.57. The van der Waals surface area contributed by atoms with Crippen molar-refractivity contribution >= 4 is 17.5 Å². The van der Waals surface area contributed by atoms with Crippen LogP contribution in [0.3, 0.4) is 0 Å². The molecule has 0 saturated carbocycles. The van der Waals surface area contributed by atoms with Gasteiger partial charge >= 0.3 is 6.01 Å². The van der Waals surface area contributed by atoms with Crippen LogP contribution in [-0.2, 0) is 6.54 Å². The Morgan fingerprint density at radius 1 is 1.19 bits per heavy atom. The summed E-state index contributed by atoms with van der Waals surface area (Å²) in [5, 5.41) is 0.107. The van der Waals surface area contributed by atoms with E-state index in [4.69, 9.17) is 21.1 Å². The third-order valence-corrected chi connectivity index (χ3v) is 2.96. The van der Waals surface area contributed by atoms with Crippen LogP contribution >= 0.6 is 11.6 Å². The molecule has 0 unspecified atom stereocenters. The molecule has 0 saturated heterocycles. The summed E-state index contributed by atoms with van der Waals surface area (Å²) in [7, 11) is 3.51. The normalized spacial score (nSPS) is 10.3. The van der Waals surface area contributed by atoms with Gasteiger partial charge in [0.2, 0.25) is 11.2 Å². The minimum atomic E-state index is 0.107. The van der Waals surface area contributed by atoms with Crippen molar-refractivity contribution in [3.63, 3.8) is 0 Å². The summed E-state index contributed by atoms with van der Waals surface area (Å²) < 4.78 is 10.6. The lowest BCUT2D eigenvalue weighted by atomic mass is 10.2. The maximum atomic E-state index is 5.90. The van der Waals surface area contributed by atoms with Crippen molar-refractivity contribution in [3.8, 4) is 11.8 Å². The number of halogens is 1. The van der Waals surface area contributed by atoms with Crippen LogP contribution in [0.2, 0.25) is 5.28 Å². The molecule has 1 heterocycles. The minimum absolute atomic E-state index is 0.107. The number of para-hydroxylation sites is 1. The molecule has 0 spiro atoms. The van der Waals surface area contributed by atoms with E-state index in [1.54, 1.807) is 7.11 Å². The number of methoxy groups -OCH3 is 1. The number of rotatable bonds is 6. The number of hydrogen-bond donors (Lipinski definition) is 0. The Kier molecular flexibility index (Phi) is 5.16. The average molecular weight is 309 g/mol. The van der Waals surface area contributed by atoms with Gasteiger partial charge in [0.1, 0.15) is 5.75 Å². The van der Waals surface area contributed by atoms with Crippen molar-refractivity contribution in [3.05, 3.63) is 35.1 Å². The van der Waals surface area contributed by atoms with Gasteiger partial charge in [-0.25, -0.2) is 0 Å². The summed E-state index contributed by atoms with van der Waals surface area (Å²) >= 11 is 5.90. The van der Waals surface area contributed by atoms with Gasteiger partial charge in [0.05, 0.1) is 13.7 Å². The first-order valence-electron chi connectivity index (χ1n) is 6.51. The summed E-state index contributed by atoms with van der Waals surface area (Å²) in [6.07, 6.45) is 0. The maximum Gasteiger partial charge on any atom is 0.322 e. The largest absolute Gasteiger partial charge is 0.496 e. The molecule has 112 valence electrons. The third kappa shape index (κ3) is 3.95. The molecule has 0 aliphatic carbocycles. The summed E-state index contributed by atoms with van der Waals surface area (Å²) in [4.78, 5) is 14.1. The Balaban J connectivity index is 2.21. The van der Waals surface area contributed by atoms with Crippen molar-refractivity contribution < 1.29 is 9.47 Å². The van der Waals surface area contributed by atoms with E-state index in [9.17, 15) is 0 Å². The molecule has 6 nitrogen and oxygen atoms in total. The Hall–Kier alpha value is -2.08. The first kappa shape index (κ1) is 15.3. The molecule has 0 N–H and O–H groups in total. The van der Waals surface area contributed by atoms with E-state index in [1.165, 1.54) is 0 Å². The van der Waals surface area contributed by atoms with Gasteiger partial charge in [0.15, 0.2) is 0 Å². The second-order valence-corrected chi connectivity index (χ2v) is 4.63. The highest BCUT2D eigenvalue weighted by molar-refractivity contribution is 6.28. The topological polar surface area (TPSA) is 60.4 Å². The fourth-order valence-corrected chi connectivity index (χ4v) is 1.99. The zero-order chi connectivity index (χ0) is 15.2. The Morgan fingerprint density at radius 2 is 1.95 bits per heavy atom. The molecule has 0 bridgehead atoms. The van der Waals surface area contributed by atoms with Crippen molar-refractivity contribution in [2.75, 3.05) is 25.7 Å². The van der Waals surface area contributed by atoms with Crippen molar-refractivity contribution in [1.82, 2.24) is 15.0 Å².